The quantitative estimate of drug-likeness (QED) is 0.225. The molecule has 0 spiro atoms. The summed E-state index contributed by atoms with van der Waals surface area (Å²) in [5.41, 5.74) is -1.06. The summed E-state index contributed by atoms with van der Waals surface area (Å²) in [6.07, 6.45) is -19.8. The molecule has 0 bridgehead atoms. The third kappa shape index (κ3) is 5.31. The molecule has 0 aliphatic rings. The molecular formula is C13H5BrF10O6. The normalized spacial score (nSPS) is 15.4. The Kier molecular flexibility index (Phi) is 7.06. The molecule has 0 saturated carbocycles. The molecule has 6 nitrogen and oxygen atoms in total. The topological polar surface area (TPSA) is 82.1 Å². The Hall–Kier alpha value is -2.14. The van der Waals surface area contributed by atoms with Crippen molar-refractivity contribution in [3.8, 4) is 0 Å². The summed E-state index contributed by atoms with van der Waals surface area (Å²) in [6.45, 7) is 0. The molecule has 0 fully saturated rings. The number of carboxylic acid groups (broad SMARTS) is 1. The highest BCUT2D eigenvalue weighted by atomic mass is 79.9. The number of alkyl halides is 11. The van der Waals surface area contributed by atoms with Crippen LogP contribution in [0.2, 0.25) is 0 Å². The minimum Gasteiger partial charge on any atom is -0.478 e. The molecular weight excluding hydrogens is 522 g/mol. The number of rotatable bonds is 8. The summed E-state index contributed by atoms with van der Waals surface area (Å²) in [4.78, 5) is 28.4. The van der Waals surface area contributed by atoms with Crippen LogP contribution in [0.4, 0.5) is 43.9 Å². The first-order chi connectivity index (χ1) is 13.3. The predicted octanol–water partition coefficient (Wildman–Crippen LogP) is 4.89. The Bertz CT molecular complexity index is 793. The lowest BCUT2D eigenvalue weighted by Gasteiger charge is -2.33. The smallest absolute Gasteiger partial charge is 0.462 e. The van der Waals surface area contributed by atoms with Gasteiger partial charge >= 0.3 is 41.0 Å². The molecule has 0 aliphatic heterocycles. The van der Waals surface area contributed by atoms with Crippen LogP contribution >= 0.6 is 15.9 Å². The Morgan fingerprint density at radius 3 is 1.63 bits per heavy atom. The van der Waals surface area contributed by atoms with Gasteiger partial charge in [-0.15, -0.1) is 4.89 Å². The van der Waals surface area contributed by atoms with Crippen LogP contribution in [0, 0.1) is 0 Å². The van der Waals surface area contributed by atoms with Gasteiger partial charge in [0.15, 0.2) is 0 Å². The lowest BCUT2D eigenvalue weighted by molar-refractivity contribution is -0.504. The summed E-state index contributed by atoms with van der Waals surface area (Å²) < 4.78 is 124. The minimum absolute atomic E-state index is 0.373. The Labute approximate surface area is 166 Å². The Balaban J connectivity index is 2.93. The molecule has 30 heavy (non-hydrogen) atoms. The van der Waals surface area contributed by atoms with Crippen LogP contribution in [0.1, 0.15) is 20.7 Å². The number of ether oxygens (including phenoxy) is 1. The van der Waals surface area contributed by atoms with Crippen LogP contribution in [-0.2, 0) is 14.5 Å². The van der Waals surface area contributed by atoms with Gasteiger partial charge in [-0.05, 0) is 40.2 Å². The molecule has 0 radical (unpaired) electrons. The maximum Gasteiger partial charge on any atom is 0.462 e. The molecule has 1 unspecified atom stereocenters. The molecule has 0 saturated heterocycles. The van der Waals surface area contributed by atoms with Gasteiger partial charge in [0.25, 0.3) is 0 Å². The highest BCUT2D eigenvalue weighted by Gasteiger charge is 2.78. The van der Waals surface area contributed by atoms with Crippen molar-refractivity contribution in [1.82, 2.24) is 0 Å². The van der Waals surface area contributed by atoms with Crippen LogP contribution in [0.15, 0.2) is 24.3 Å². The lowest BCUT2D eigenvalue weighted by Crippen LogP contribution is -2.58. The summed E-state index contributed by atoms with van der Waals surface area (Å²) >= 11 is 1.03. The third-order valence-electron chi connectivity index (χ3n) is 2.91. The van der Waals surface area contributed by atoms with E-state index in [0.717, 1.165) is 28.1 Å². The zero-order valence-electron chi connectivity index (χ0n) is 13.5. The number of carbonyl (C=O) groups is 2. The fourth-order valence-corrected chi connectivity index (χ4v) is 1.65. The van der Waals surface area contributed by atoms with Gasteiger partial charge in [0, 0.05) is 0 Å². The molecule has 0 aliphatic carbocycles. The van der Waals surface area contributed by atoms with Gasteiger partial charge in [-0.1, -0.05) is 0 Å². The lowest BCUT2D eigenvalue weighted by atomic mass is 10.1. The zero-order valence-corrected chi connectivity index (χ0v) is 15.0. The van der Waals surface area contributed by atoms with E-state index in [1.54, 1.807) is 0 Å². The molecule has 1 N–H and O–H groups in total. The molecule has 170 valence electrons. The largest absolute Gasteiger partial charge is 0.478 e. The van der Waals surface area contributed by atoms with Crippen molar-refractivity contribution < 1.29 is 73.1 Å². The number of hydrogen-bond acceptors (Lipinski definition) is 5. The van der Waals surface area contributed by atoms with Gasteiger partial charge in [-0.25, -0.2) is 9.59 Å². The summed E-state index contributed by atoms with van der Waals surface area (Å²) in [7, 11) is 0. The van der Waals surface area contributed by atoms with E-state index in [4.69, 9.17) is 5.11 Å². The van der Waals surface area contributed by atoms with E-state index >= 15 is 0 Å². The van der Waals surface area contributed by atoms with Crippen molar-refractivity contribution in [2.45, 2.75) is 29.1 Å². The van der Waals surface area contributed by atoms with E-state index in [1.807, 2.05) is 0 Å². The molecule has 1 atom stereocenters. The summed E-state index contributed by atoms with van der Waals surface area (Å²) in [6, 6.07) is 2.95. The van der Waals surface area contributed by atoms with Crippen molar-refractivity contribution in [2.75, 3.05) is 0 Å². The fourth-order valence-electron chi connectivity index (χ4n) is 1.39. The van der Waals surface area contributed by atoms with Gasteiger partial charge in [0.2, 0.25) is 0 Å². The molecule has 1 aromatic carbocycles. The number of carboxylic acids is 1. The van der Waals surface area contributed by atoms with Gasteiger partial charge < -0.3 is 5.11 Å². The monoisotopic (exact) mass is 526 g/mol. The zero-order chi connectivity index (χ0) is 23.8. The Morgan fingerprint density at radius 2 is 1.23 bits per heavy atom. The first kappa shape index (κ1) is 25.9. The second-order valence-electron chi connectivity index (χ2n) is 5.06. The average Bonchev–Trinajstić information content (AvgIpc) is 2.57. The van der Waals surface area contributed by atoms with E-state index < -0.39 is 46.6 Å². The summed E-state index contributed by atoms with van der Waals surface area (Å²) in [5, 5.41) is 8.63. The maximum absolute atomic E-state index is 13.7. The van der Waals surface area contributed by atoms with Crippen LogP contribution in [-0.4, -0.2) is 46.1 Å². The first-order valence-corrected chi connectivity index (χ1v) is 7.56. The average molecular weight is 527 g/mol. The van der Waals surface area contributed by atoms with E-state index in [1.165, 1.54) is 0 Å². The predicted molar refractivity (Wildman–Crippen MR) is 74.6 cm³/mol. The van der Waals surface area contributed by atoms with Crippen LogP contribution in [0.3, 0.4) is 0 Å². The summed E-state index contributed by atoms with van der Waals surface area (Å²) in [5.74, 6) is -10.4. The van der Waals surface area contributed by atoms with E-state index in [-0.39, 0.29) is 5.56 Å². The number of benzene rings is 1. The second kappa shape index (κ2) is 8.18. The molecule has 17 heteroatoms. The fraction of sp³-hybridized carbons (Fsp3) is 0.385. The van der Waals surface area contributed by atoms with Crippen molar-refractivity contribution in [3.63, 3.8) is 0 Å². The standard InChI is InChI=1S/C13H5BrF10O6/c14-10(17,29-12(21,22)9(15,16)11(18,19)20)13(23,24)30-28-8(27)6-3-1-5(2-4-6)7(25)26/h1-4H,(H,25,26). The molecule has 0 heterocycles. The molecule has 0 aromatic heterocycles. The van der Waals surface area contributed by atoms with Crippen LogP contribution in [0.5, 0.6) is 0 Å². The van der Waals surface area contributed by atoms with Crippen molar-refractivity contribution in [2.24, 2.45) is 0 Å². The van der Waals surface area contributed by atoms with E-state index in [2.05, 4.69) is 14.5 Å². The first-order valence-electron chi connectivity index (χ1n) is 6.77. The van der Waals surface area contributed by atoms with Gasteiger partial charge in [0.05, 0.1) is 11.1 Å². The van der Waals surface area contributed by atoms with Crippen LogP contribution in [0.25, 0.3) is 0 Å². The Morgan fingerprint density at radius 1 is 0.800 bits per heavy atom. The van der Waals surface area contributed by atoms with Gasteiger partial charge in [-0.3, -0.25) is 9.62 Å². The number of carbonyl (C=O) groups excluding carboxylic acids is 1. The minimum atomic E-state index is -7.11. The maximum atomic E-state index is 13.7. The molecule has 1 aromatic rings. The highest BCUT2D eigenvalue weighted by Crippen LogP contribution is 2.52. The highest BCUT2D eigenvalue weighted by molar-refractivity contribution is 9.10. The van der Waals surface area contributed by atoms with E-state index in [0.29, 0.717) is 12.1 Å². The van der Waals surface area contributed by atoms with Gasteiger partial charge in [-0.2, -0.15) is 43.9 Å². The third-order valence-corrected chi connectivity index (χ3v) is 3.53. The SMILES string of the molecule is O=C(O)c1ccc(C(=O)OOC(F)(F)C(F)(Br)OC(F)(F)C(F)(F)C(F)(F)F)cc1. The number of halogens is 11. The van der Waals surface area contributed by atoms with E-state index in [9.17, 15) is 53.5 Å². The number of hydrogen-bond donors (Lipinski definition) is 1. The van der Waals surface area contributed by atoms with Crippen molar-refractivity contribution in [1.29, 1.82) is 0 Å². The van der Waals surface area contributed by atoms with Gasteiger partial charge in [0.1, 0.15) is 0 Å². The second-order valence-corrected chi connectivity index (χ2v) is 6.08. The van der Waals surface area contributed by atoms with Crippen molar-refractivity contribution >= 4 is 27.9 Å². The van der Waals surface area contributed by atoms with Crippen molar-refractivity contribution in [3.05, 3.63) is 35.4 Å². The van der Waals surface area contributed by atoms with Crippen LogP contribution < -0.4 is 0 Å². The molecule has 0 amide bonds. The number of aromatic carboxylic acids is 1. The molecule has 1 rings (SSSR count).